The minimum absolute atomic E-state index is 0.708. The van der Waals surface area contributed by atoms with Crippen molar-refractivity contribution in [3.8, 4) is 0 Å². The smallest absolute Gasteiger partial charge is 0.212 e. The van der Waals surface area contributed by atoms with Gasteiger partial charge in [0.15, 0.2) is 0 Å². The summed E-state index contributed by atoms with van der Waals surface area (Å²) in [5.74, 6) is 3.61. The molecule has 0 atom stereocenters. The van der Waals surface area contributed by atoms with Gasteiger partial charge in [-0.1, -0.05) is 164 Å². The number of hydrazone groups is 5. The number of aromatic nitrogens is 1. The van der Waals surface area contributed by atoms with Crippen LogP contribution in [0.2, 0.25) is 0 Å². The molecule has 0 spiro atoms. The zero-order valence-electron chi connectivity index (χ0n) is 52.5. The SMILES string of the molecule is C(=N\NC1=NCCN1)/c1c2ccccc2cc2ccccc12.C(=N\NC1=NCCN1)/c1c2ccccc2nc2ccccc12.C(=N\NC1=NCCN1)/c1ccc(/C=N/NC2=NCCN2)c2cc3ccccc3cc12.C(=N\NC1=NCCN1)/c1cccc2cc3ccccc3cc12. The molecule has 11 aromatic carbocycles. The first-order chi connectivity index (χ1) is 47.6. The predicted octanol–water partition coefficient (Wildman–Crippen LogP) is 9.78. The summed E-state index contributed by atoms with van der Waals surface area (Å²) in [6.07, 6.45) is 9.23. The number of guanidine groups is 5. The van der Waals surface area contributed by atoms with Crippen LogP contribution in [0.25, 0.3) is 86.4 Å². The van der Waals surface area contributed by atoms with Crippen molar-refractivity contribution in [1.29, 1.82) is 0 Å². The van der Waals surface area contributed by atoms with Crippen LogP contribution in [0.4, 0.5) is 0 Å². The quantitative estimate of drug-likeness (QED) is 0.0350. The lowest BCUT2D eigenvalue weighted by Gasteiger charge is -2.09. The van der Waals surface area contributed by atoms with Gasteiger partial charge in [0.25, 0.3) is 0 Å². The summed E-state index contributed by atoms with van der Waals surface area (Å²) in [4.78, 5) is 26.1. The van der Waals surface area contributed by atoms with Crippen LogP contribution in [0, 0.1) is 0 Å². The topological polar surface area (TPSA) is 257 Å². The van der Waals surface area contributed by atoms with Gasteiger partial charge in [-0.2, -0.15) is 25.5 Å². The highest BCUT2D eigenvalue weighted by Crippen LogP contribution is 2.30. The molecule has 5 aliphatic heterocycles. The Bertz CT molecular complexity index is 4800. The third kappa shape index (κ3) is 14.6. The van der Waals surface area contributed by atoms with Crippen molar-refractivity contribution < 1.29 is 0 Å². The molecule has 96 heavy (non-hydrogen) atoms. The second-order valence-electron chi connectivity index (χ2n) is 22.7. The molecule has 12 aromatic rings. The maximum absolute atomic E-state index is 4.71. The van der Waals surface area contributed by atoms with Crippen LogP contribution in [0.3, 0.4) is 0 Å². The predicted molar refractivity (Wildman–Crippen MR) is 399 cm³/mol. The lowest BCUT2D eigenvalue weighted by atomic mass is 9.96. The van der Waals surface area contributed by atoms with Crippen molar-refractivity contribution in [3.05, 3.63) is 234 Å². The van der Waals surface area contributed by atoms with Crippen molar-refractivity contribution >= 4 is 147 Å². The molecule has 0 saturated heterocycles. The van der Waals surface area contributed by atoms with Gasteiger partial charge in [-0.25, -0.2) is 57.1 Å². The molecule has 0 aliphatic carbocycles. The first-order valence-corrected chi connectivity index (χ1v) is 32.0. The van der Waals surface area contributed by atoms with Gasteiger partial charge in [-0.15, -0.1) is 0 Å². The van der Waals surface area contributed by atoms with Crippen LogP contribution in [0.1, 0.15) is 27.8 Å². The van der Waals surface area contributed by atoms with Crippen molar-refractivity contribution in [1.82, 2.24) is 58.7 Å². The van der Waals surface area contributed by atoms with E-state index >= 15 is 0 Å². The van der Waals surface area contributed by atoms with Gasteiger partial charge in [0.05, 0.1) is 74.8 Å². The van der Waals surface area contributed by atoms with Gasteiger partial charge in [0.2, 0.25) is 29.8 Å². The molecule has 21 heteroatoms. The van der Waals surface area contributed by atoms with Crippen molar-refractivity contribution in [2.24, 2.45) is 50.5 Å². The van der Waals surface area contributed by atoms with E-state index in [2.05, 4.69) is 274 Å². The van der Waals surface area contributed by atoms with Crippen molar-refractivity contribution in [3.63, 3.8) is 0 Å². The Kier molecular flexibility index (Phi) is 18.9. The Hall–Kier alpha value is -12.7. The third-order valence-corrected chi connectivity index (χ3v) is 16.4. The molecule has 21 nitrogen and oxygen atoms in total. The Morgan fingerprint density at radius 3 is 0.948 bits per heavy atom. The number of hydrogen-bond donors (Lipinski definition) is 10. The number of aliphatic imine (C=N–C) groups is 5. The molecule has 0 unspecified atom stereocenters. The fourth-order valence-electron chi connectivity index (χ4n) is 11.8. The van der Waals surface area contributed by atoms with E-state index in [1.165, 1.54) is 53.9 Å². The van der Waals surface area contributed by atoms with Crippen molar-refractivity contribution in [2.45, 2.75) is 0 Å². The maximum Gasteiger partial charge on any atom is 0.212 e. The van der Waals surface area contributed by atoms with Crippen LogP contribution in [0.5, 0.6) is 0 Å². The van der Waals surface area contributed by atoms with E-state index in [1.807, 2.05) is 67.5 Å². The molecule has 6 heterocycles. The monoisotopic (exact) mass is 1260 g/mol. The summed E-state index contributed by atoms with van der Waals surface area (Å²) < 4.78 is 0. The number of rotatable bonds is 10. The molecule has 5 aliphatic rings. The Morgan fingerprint density at radius 2 is 0.552 bits per heavy atom. The van der Waals surface area contributed by atoms with Crippen LogP contribution in [-0.2, 0) is 0 Å². The van der Waals surface area contributed by atoms with E-state index in [0.717, 1.165) is 144 Å². The van der Waals surface area contributed by atoms with Crippen LogP contribution in [0.15, 0.2) is 257 Å². The van der Waals surface area contributed by atoms with E-state index in [-0.39, 0.29) is 0 Å². The van der Waals surface area contributed by atoms with E-state index < -0.39 is 0 Å². The molecular weight excluding hydrogens is 1190 g/mol. The van der Waals surface area contributed by atoms with Gasteiger partial charge in [-0.3, -0.25) is 0 Å². The van der Waals surface area contributed by atoms with E-state index in [4.69, 9.17) is 4.98 Å². The summed E-state index contributed by atoms with van der Waals surface area (Å²) in [6.45, 7) is 8.24. The summed E-state index contributed by atoms with van der Waals surface area (Å²) in [6, 6.07) is 71.2. The molecular formula is C75H69N21. The summed E-state index contributed by atoms with van der Waals surface area (Å²) in [5, 5.41) is 53.9. The average Bonchev–Trinajstić information content (AvgIpc) is 1.16. The summed E-state index contributed by atoms with van der Waals surface area (Å²) >= 11 is 0. The molecule has 0 bridgehead atoms. The van der Waals surface area contributed by atoms with E-state index in [0.29, 0.717) is 11.9 Å². The number of hydrogen-bond acceptors (Lipinski definition) is 21. The molecule has 10 N–H and O–H groups in total. The molecule has 0 saturated carbocycles. The highest BCUT2D eigenvalue weighted by molar-refractivity contribution is 6.15. The highest BCUT2D eigenvalue weighted by Gasteiger charge is 2.12. The number of nitrogens with zero attached hydrogens (tertiary/aromatic N) is 11. The van der Waals surface area contributed by atoms with E-state index in [9.17, 15) is 0 Å². The van der Waals surface area contributed by atoms with Crippen LogP contribution in [-0.4, -0.2) is 131 Å². The molecule has 0 amide bonds. The molecule has 0 radical (unpaired) electrons. The zero-order chi connectivity index (χ0) is 64.5. The van der Waals surface area contributed by atoms with Gasteiger partial charge in [0.1, 0.15) is 0 Å². The van der Waals surface area contributed by atoms with Crippen LogP contribution >= 0.6 is 0 Å². The number of pyridine rings is 1. The first-order valence-electron chi connectivity index (χ1n) is 32.0. The summed E-state index contributed by atoms with van der Waals surface area (Å²) in [5.41, 5.74) is 22.0. The van der Waals surface area contributed by atoms with Crippen LogP contribution < -0.4 is 53.7 Å². The lowest BCUT2D eigenvalue weighted by Crippen LogP contribution is -2.30. The Labute approximate surface area is 553 Å². The molecule has 0 fully saturated rings. The first kappa shape index (κ1) is 60.9. The minimum atomic E-state index is 0.708. The molecule has 17 rings (SSSR count). The zero-order valence-corrected chi connectivity index (χ0v) is 52.5. The fraction of sp³-hybridized carbons (Fsp3) is 0.133. The van der Waals surface area contributed by atoms with E-state index in [1.54, 1.807) is 0 Å². The second kappa shape index (κ2) is 29.7. The molecule has 1 aromatic heterocycles. The Balaban J connectivity index is 0.000000111. The van der Waals surface area contributed by atoms with Gasteiger partial charge >= 0.3 is 0 Å². The summed E-state index contributed by atoms with van der Waals surface area (Å²) in [7, 11) is 0. The standard InChI is InChI=1S/C22H22N8.2C18H16N4.C17H15N5/c1-2-4-16-12-20-18(14-28-30-22-25-9-10-26-22)6-5-17(19(20)11-15(16)3-1)13-27-29-21-23-7-8-24-21;1-3-7-15-13(5-1)11-14-6-2-4-8-16(14)17(15)12-21-22-18-19-9-10-20-18;1-2-5-14-11-17-15(10-13(14)4-1)6-3-7-16(17)12-21-22-18-19-8-9-20-18;1-3-7-15-12(5-1)14(11-20-22-17-18-9-10-19-17)13-6-2-4-8-16(13)21-15/h1-6,11-14H,7-10H2,(H2,23,24,29)(H2,25,26,30);1-8,11-12H,9-10H2,(H2,19,20,22);1-7,10-12H,8-9H2,(H2,19,20,22);1-8,11H,9-10H2,(H2,18,19,22)/b27-13+,28-14+;2*21-12+;20-11+. The second-order valence-corrected chi connectivity index (χ2v) is 22.7. The average molecular weight is 1260 g/mol. The minimum Gasteiger partial charge on any atom is -0.353 e. The van der Waals surface area contributed by atoms with Gasteiger partial charge < -0.3 is 26.6 Å². The largest absolute Gasteiger partial charge is 0.353 e. The van der Waals surface area contributed by atoms with Gasteiger partial charge in [-0.05, 0) is 107 Å². The third-order valence-electron chi connectivity index (χ3n) is 16.4. The Morgan fingerprint density at radius 1 is 0.260 bits per heavy atom. The normalized spacial score (nSPS) is 15.0. The highest BCUT2D eigenvalue weighted by atomic mass is 15.4. The number of para-hydroxylation sites is 2. The molecule has 474 valence electrons. The lowest BCUT2D eigenvalue weighted by molar-refractivity contribution is 0.919. The van der Waals surface area contributed by atoms with Crippen molar-refractivity contribution in [2.75, 3.05) is 65.4 Å². The number of fused-ring (bicyclic) bond motifs is 8. The maximum atomic E-state index is 4.71. The number of benzene rings is 11. The number of nitrogens with one attached hydrogen (secondary N) is 10. The van der Waals surface area contributed by atoms with Gasteiger partial charge in [0, 0.05) is 71.3 Å². The fourth-order valence-corrected chi connectivity index (χ4v) is 11.8.